The molecule has 1 aliphatic heterocycles. The predicted molar refractivity (Wildman–Crippen MR) is 85.9 cm³/mol. The number of hydrogen-bond donors (Lipinski definition) is 1. The van der Waals surface area contributed by atoms with Gasteiger partial charge in [0.05, 0.1) is 13.2 Å². The first-order valence-corrected chi connectivity index (χ1v) is 7.89. The molecule has 0 spiro atoms. The van der Waals surface area contributed by atoms with E-state index in [0.29, 0.717) is 6.04 Å². The van der Waals surface area contributed by atoms with Crippen molar-refractivity contribution in [1.82, 2.24) is 0 Å². The van der Waals surface area contributed by atoms with Gasteiger partial charge in [0, 0.05) is 16.3 Å². The molecule has 2 nitrogen and oxygen atoms in total. The summed E-state index contributed by atoms with van der Waals surface area (Å²) in [6, 6.07) is 15.4. The van der Waals surface area contributed by atoms with Gasteiger partial charge in [0.1, 0.15) is 5.75 Å². The fourth-order valence-electron chi connectivity index (χ4n) is 2.66. The molecule has 0 radical (unpaired) electrons. The maximum Gasteiger partial charge on any atom is 0.121 e. The van der Waals surface area contributed by atoms with Crippen molar-refractivity contribution in [2.45, 2.75) is 24.3 Å². The van der Waals surface area contributed by atoms with Gasteiger partial charge in [-0.2, -0.15) is 0 Å². The first kappa shape index (κ1) is 13.4. The summed E-state index contributed by atoms with van der Waals surface area (Å²) >= 11 is 1.95. The molecule has 1 atom stereocenters. The van der Waals surface area contributed by atoms with Crippen LogP contribution < -0.4 is 10.1 Å². The van der Waals surface area contributed by atoms with Gasteiger partial charge in [-0.3, -0.25) is 0 Å². The average molecular weight is 285 g/mol. The molecule has 104 valence electrons. The van der Waals surface area contributed by atoms with Crippen molar-refractivity contribution in [3.05, 3.63) is 53.6 Å². The molecule has 2 aromatic carbocycles. The Morgan fingerprint density at radius 2 is 2.05 bits per heavy atom. The first-order chi connectivity index (χ1) is 9.78. The lowest BCUT2D eigenvalue weighted by atomic mass is 10.0. The zero-order valence-electron chi connectivity index (χ0n) is 11.8. The second-order valence-electron chi connectivity index (χ2n) is 5.06. The van der Waals surface area contributed by atoms with Crippen LogP contribution in [-0.2, 0) is 0 Å². The standard InChI is InChI=1S/C17H19NOS/c1-12-11-13(7-8-16(12)19-2)18-15-9-10-20-17-6-4-3-5-14(15)17/h3-8,11,15,18H,9-10H2,1-2H3. The summed E-state index contributed by atoms with van der Waals surface area (Å²) in [7, 11) is 1.71. The van der Waals surface area contributed by atoms with Gasteiger partial charge in [-0.1, -0.05) is 18.2 Å². The fourth-order valence-corrected chi connectivity index (χ4v) is 3.79. The minimum atomic E-state index is 0.403. The Labute approximate surface area is 124 Å². The number of anilines is 1. The van der Waals surface area contributed by atoms with E-state index in [-0.39, 0.29) is 0 Å². The van der Waals surface area contributed by atoms with E-state index in [4.69, 9.17) is 4.74 Å². The maximum atomic E-state index is 5.32. The molecule has 1 N–H and O–H groups in total. The zero-order valence-corrected chi connectivity index (χ0v) is 12.7. The van der Waals surface area contributed by atoms with E-state index in [0.717, 1.165) is 23.4 Å². The number of rotatable bonds is 3. The highest BCUT2D eigenvalue weighted by molar-refractivity contribution is 7.99. The topological polar surface area (TPSA) is 21.3 Å². The fraction of sp³-hybridized carbons (Fsp3) is 0.294. The number of benzene rings is 2. The Hall–Kier alpha value is -1.61. The number of methoxy groups -OCH3 is 1. The van der Waals surface area contributed by atoms with Crippen molar-refractivity contribution in [1.29, 1.82) is 0 Å². The molecule has 0 amide bonds. The van der Waals surface area contributed by atoms with Crippen LogP contribution in [0, 0.1) is 6.92 Å². The molecule has 1 aliphatic rings. The summed E-state index contributed by atoms with van der Waals surface area (Å²) < 4.78 is 5.32. The minimum absolute atomic E-state index is 0.403. The quantitative estimate of drug-likeness (QED) is 0.886. The summed E-state index contributed by atoms with van der Waals surface area (Å²) in [4.78, 5) is 1.40. The smallest absolute Gasteiger partial charge is 0.121 e. The van der Waals surface area contributed by atoms with Gasteiger partial charge in [-0.15, -0.1) is 11.8 Å². The monoisotopic (exact) mass is 285 g/mol. The van der Waals surface area contributed by atoms with Gasteiger partial charge in [-0.05, 0) is 48.7 Å². The molecule has 2 aromatic rings. The van der Waals surface area contributed by atoms with Gasteiger partial charge >= 0.3 is 0 Å². The van der Waals surface area contributed by atoms with Crippen LogP contribution in [0.5, 0.6) is 5.75 Å². The largest absolute Gasteiger partial charge is 0.496 e. The predicted octanol–water partition coefficient (Wildman–Crippen LogP) is 4.65. The summed E-state index contributed by atoms with van der Waals surface area (Å²) in [6.07, 6.45) is 1.16. The lowest BCUT2D eigenvalue weighted by Gasteiger charge is -2.27. The van der Waals surface area contributed by atoms with Crippen LogP contribution in [0.15, 0.2) is 47.4 Å². The van der Waals surface area contributed by atoms with Crippen molar-refractivity contribution in [2.24, 2.45) is 0 Å². The molecule has 0 saturated carbocycles. The first-order valence-electron chi connectivity index (χ1n) is 6.91. The highest BCUT2D eigenvalue weighted by Crippen LogP contribution is 2.38. The van der Waals surface area contributed by atoms with E-state index in [1.807, 2.05) is 17.8 Å². The van der Waals surface area contributed by atoms with Crippen LogP contribution in [0.2, 0.25) is 0 Å². The molecule has 1 heterocycles. The van der Waals surface area contributed by atoms with Crippen LogP contribution in [0.1, 0.15) is 23.6 Å². The zero-order chi connectivity index (χ0) is 13.9. The van der Waals surface area contributed by atoms with E-state index in [1.165, 1.54) is 16.2 Å². The summed E-state index contributed by atoms with van der Waals surface area (Å²) in [5.74, 6) is 2.11. The van der Waals surface area contributed by atoms with E-state index >= 15 is 0 Å². The molecule has 0 aliphatic carbocycles. The molecule has 0 saturated heterocycles. The van der Waals surface area contributed by atoms with Crippen LogP contribution in [0.3, 0.4) is 0 Å². The van der Waals surface area contributed by atoms with Crippen molar-refractivity contribution in [3.63, 3.8) is 0 Å². The van der Waals surface area contributed by atoms with Crippen LogP contribution in [0.25, 0.3) is 0 Å². The molecule has 0 bridgehead atoms. The SMILES string of the molecule is COc1ccc(NC2CCSc3ccccc32)cc1C. The third-order valence-electron chi connectivity index (χ3n) is 3.69. The number of ether oxygens (including phenoxy) is 1. The molecule has 0 fully saturated rings. The van der Waals surface area contributed by atoms with E-state index in [9.17, 15) is 0 Å². The molecule has 20 heavy (non-hydrogen) atoms. The highest BCUT2D eigenvalue weighted by atomic mass is 32.2. The van der Waals surface area contributed by atoms with Gasteiger partial charge < -0.3 is 10.1 Å². The summed E-state index contributed by atoms with van der Waals surface area (Å²) in [5, 5.41) is 3.66. The van der Waals surface area contributed by atoms with Gasteiger partial charge in [-0.25, -0.2) is 0 Å². The second-order valence-corrected chi connectivity index (χ2v) is 6.19. The molecule has 3 rings (SSSR count). The number of thioether (sulfide) groups is 1. The molecule has 0 aromatic heterocycles. The van der Waals surface area contributed by atoms with Gasteiger partial charge in [0.25, 0.3) is 0 Å². The normalized spacial score (nSPS) is 17.4. The molecular weight excluding hydrogens is 266 g/mol. The van der Waals surface area contributed by atoms with Crippen molar-refractivity contribution >= 4 is 17.4 Å². The lowest BCUT2D eigenvalue weighted by molar-refractivity contribution is 0.412. The number of nitrogens with one attached hydrogen (secondary N) is 1. The van der Waals surface area contributed by atoms with Crippen molar-refractivity contribution in [2.75, 3.05) is 18.2 Å². The number of hydrogen-bond acceptors (Lipinski definition) is 3. The second kappa shape index (κ2) is 5.80. The number of aryl methyl sites for hydroxylation is 1. The van der Waals surface area contributed by atoms with Crippen molar-refractivity contribution in [3.8, 4) is 5.75 Å². The Bertz CT molecular complexity index is 612. The Kier molecular flexibility index (Phi) is 3.88. The maximum absolute atomic E-state index is 5.32. The molecular formula is C17H19NOS. The minimum Gasteiger partial charge on any atom is -0.496 e. The van der Waals surface area contributed by atoms with Crippen LogP contribution >= 0.6 is 11.8 Å². The Morgan fingerprint density at radius 3 is 2.85 bits per heavy atom. The highest BCUT2D eigenvalue weighted by Gasteiger charge is 2.20. The molecule has 1 unspecified atom stereocenters. The van der Waals surface area contributed by atoms with E-state index < -0.39 is 0 Å². The molecule has 3 heteroatoms. The average Bonchev–Trinajstić information content (AvgIpc) is 2.48. The van der Waals surface area contributed by atoms with E-state index in [1.54, 1.807) is 7.11 Å². The van der Waals surface area contributed by atoms with Gasteiger partial charge in [0.2, 0.25) is 0 Å². The lowest BCUT2D eigenvalue weighted by Crippen LogP contribution is -2.16. The third-order valence-corrected chi connectivity index (χ3v) is 4.82. The number of fused-ring (bicyclic) bond motifs is 1. The van der Waals surface area contributed by atoms with Crippen LogP contribution in [-0.4, -0.2) is 12.9 Å². The van der Waals surface area contributed by atoms with E-state index in [2.05, 4.69) is 48.6 Å². The van der Waals surface area contributed by atoms with Gasteiger partial charge in [0.15, 0.2) is 0 Å². The Morgan fingerprint density at radius 1 is 1.20 bits per heavy atom. The third kappa shape index (κ3) is 2.63. The van der Waals surface area contributed by atoms with Crippen LogP contribution in [0.4, 0.5) is 5.69 Å². The Balaban J connectivity index is 1.84. The summed E-state index contributed by atoms with van der Waals surface area (Å²) in [5.41, 5.74) is 3.74. The van der Waals surface area contributed by atoms with Crippen molar-refractivity contribution < 1.29 is 4.74 Å². The summed E-state index contributed by atoms with van der Waals surface area (Å²) in [6.45, 7) is 2.08.